The largest absolute Gasteiger partial charge is 0.573 e. The van der Waals surface area contributed by atoms with Crippen LogP contribution >= 0.6 is 0 Å². The molecule has 2 aromatic rings. The highest BCUT2D eigenvalue weighted by Crippen LogP contribution is 2.39. The second kappa shape index (κ2) is 8.10. The minimum absolute atomic E-state index is 0.257. The number of methoxy groups -OCH3 is 2. The van der Waals surface area contributed by atoms with Crippen molar-refractivity contribution in [2.24, 2.45) is 0 Å². The average Bonchev–Trinajstić information content (AvgIpc) is 2.67. The van der Waals surface area contributed by atoms with Crippen LogP contribution in [0.2, 0.25) is 0 Å². The summed E-state index contributed by atoms with van der Waals surface area (Å²) in [5, 5.41) is 2.71. The van der Waals surface area contributed by atoms with Gasteiger partial charge in [-0.3, -0.25) is 0 Å². The quantitative estimate of drug-likeness (QED) is 0.790. The van der Waals surface area contributed by atoms with Gasteiger partial charge in [-0.05, 0) is 49.2 Å². The number of ether oxygens (including phenoxy) is 3. The molecule has 0 fully saturated rings. The van der Waals surface area contributed by atoms with E-state index in [1.165, 1.54) is 12.1 Å². The molecule has 1 aliphatic rings. The van der Waals surface area contributed by atoms with Gasteiger partial charge in [0.25, 0.3) is 0 Å². The van der Waals surface area contributed by atoms with Crippen LogP contribution in [-0.4, -0.2) is 38.1 Å². The number of hydrogen-bond acceptors (Lipinski definition) is 4. The lowest BCUT2D eigenvalue weighted by atomic mass is 9.92. The van der Waals surface area contributed by atoms with Crippen LogP contribution in [0, 0.1) is 0 Å². The maximum Gasteiger partial charge on any atom is 0.573 e. The van der Waals surface area contributed by atoms with Crippen LogP contribution in [-0.2, 0) is 6.42 Å². The summed E-state index contributed by atoms with van der Waals surface area (Å²) in [7, 11) is 3.14. The monoisotopic (exact) mass is 410 g/mol. The van der Waals surface area contributed by atoms with Gasteiger partial charge in [0.05, 0.1) is 20.3 Å². The number of fused-ring (bicyclic) bond motifs is 1. The van der Waals surface area contributed by atoms with Crippen LogP contribution in [0.5, 0.6) is 17.2 Å². The fourth-order valence-corrected chi connectivity index (χ4v) is 3.43. The Bertz CT molecular complexity index is 867. The molecule has 6 nitrogen and oxygen atoms in total. The van der Waals surface area contributed by atoms with E-state index < -0.39 is 6.36 Å². The van der Waals surface area contributed by atoms with E-state index >= 15 is 0 Å². The minimum atomic E-state index is -4.76. The summed E-state index contributed by atoms with van der Waals surface area (Å²) in [6.07, 6.45) is -4.14. The molecule has 0 spiro atoms. The molecule has 3 rings (SSSR count). The van der Waals surface area contributed by atoms with Gasteiger partial charge in [-0.1, -0.05) is 0 Å². The van der Waals surface area contributed by atoms with Crippen molar-refractivity contribution >= 4 is 11.7 Å². The summed E-state index contributed by atoms with van der Waals surface area (Å²) in [6.45, 7) is 2.37. The molecule has 0 radical (unpaired) electrons. The van der Waals surface area contributed by atoms with E-state index in [4.69, 9.17) is 9.47 Å². The zero-order chi connectivity index (χ0) is 21.2. The van der Waals surface area contributed by atoms with Crippen molar-refractivity contribution in [1.82, 2.24) is 4.90 Å². The number of nitrogens with one attached hydrogen (secondary N) is 1. The first kappa shape index (κ1) is 20.6. The molecule has 1 heterocycles. The fourth-order valence-electron chi connectivity index (χ4n) is 3.43. The van der Waals surface area contributed by atoms with E-state index in [0.717, 1.165) is 23.3 Å². The Morgan fingerprint density at radius 2 is 1.79 bits per heavy atom. The molecule has 0 saturated carbocycles. The lowest BCUT2D eigenvalue weighted by molar-refractivity contribution is -0.274. The number of benzene rings is 2. The lowest BCUT2D eigenvalue weighted by Gasteiger charge is -2.36. The van der Waals surface area contributed by atoms with Gasteiger partial charge in [-0.2, -0.15) is 0 Å². The number of halogens is 3. The Morgan fingerprint density at radius 1 is 1.10 bits per heavy atom. The molecule has 0 aromatic heterocycles. The van der Waals surface area contributed by atoms with Gasteiger partial charge < -0.3 is 24.4 Å². The summed E-state index contributed by atoms with van der Waals surface area (Å²) in [5.41, 5.74) is 2.32. The number of nitrogens with zero attached hydrogens (tertiary/aromatic N) is 1. The van der Waals surface area contributed by atoms with Crippen LogP contribution in [0.4, 0.5) is 23.7 Å². The highest BCUT2D eigenvalue weighted by molar-refractivity contribution is 5.90. The predicted molar refractivity (Wildman–Crippen MR) is 101 cm³/mol. The van der Waals surface area contributed by atoms with Crippen molar-refractivity contribution in [3.8, 4) is 17.2 Å². The number of urea groups is 1. The highest BCUT2D eigenvalue weighted by atomic mass is 19.4. The minimum Gasteiger partial charge on any atom is -0.497 e. The second-order valence-corrected chi connectivity index (χ2v) is 6.52. The third kappa shape index (κ3) is 4.67. The lowest BCUT2D eigenvalue weighted by Crippen LogP contribution is -2.41. The number of anilines is 1. The summed E-state index contributed by atoms with van der Waals surface area (Å²) >= 11 is 0. The number of carbonyl (C=O) groups is 1. The van der Waals surface area contributed by atoms with E-state index in [9.17, 15) is 18.0 Å². The van der Waals surface area contributed by atoms with Gasteiger partial charge in [0, 0.05) is 23.9 Å². The van der Waals surface area contributed by atoms with Crippen LogP contribution in [0.25, 0.3) is 0 Å². The molecule has 1 aliphatic heterocycles. The first-order valence-corrected chi connectivity index (χ1v) is 8.90. The summed E-state index contributed by atoms with van der Waals surface area (Å²) in [6, 6.07) is 8.10. The molecule has 0 bridgehead atoms. The zero-order valence-electron chi connectivity index (χ0n) is 16.2. The Hall–Kier alpha value is -3.10. The van der Waals surface area contributed by atoms with Gasteiger partial charge in [0.1, 0.15) is 17.2 Å². The van der Waals surface area contributed by atoms with Crippen LogP contribution < -0.4 is 19.5 Å². The van der Waals surface area contributed by atoms with E-state index in [1.54, 1.807) is 25.2 Å². The van der Waals surface area contributed by atoms with Crippen molar-refractivity contribution in [2.45, 2.75) is 25.7 Å². The van der Waals surface area contributed by atoms with Crippen LogP contribution in [0.3, 0.4) is 0 Å². The van der Waals surface area contributed by atoms with Gasteiger partial charge in [0.2, 0.25) is 0 Å². The number of alkyl halides is 3. The second-order valence-electron chi connectivity index (χ2n) is 6.52. The average molecular weight is 410 g/mol. The summed E-state index contributed by atoms with van der Waals surface area (Å²) in [4.78, 5) is 14.4. The maximum atomic E-state index is 12.8. The van der Waals surface area contributed by atoms with Crippen molar-refractivity contribution in [2.75, 3.05) is 26.1 Å². The number of hydrogen-bond donors (Lipinski definition) is 1. The van der Waals surface area contributed by atoms with Crippen molar-refractivity contribution < 1.29 is 32.2 Å². The van der Waals surface area contributed by atoms with Crippen molar-refractivity contribution in [3.05, 3.63) is 47.5 Å². The molecular weight excluding hydrogens is 389 g/mol. The molecule has 1 unspecified atom stereocenters. The van der Waals surface area contributed by atoms with E-state index in [2.05, 4.69) is 10.1 Å². The van der Waals surface area contributed by atoms with Crippen LogP contribution in [0.1, 0.15) is 24.1 Å². The van der Waals surface area contributed by atoms with Gasteiger partial charge in [-0.25, -0.2) is 4.79 Å². The van der Waals surface area contributed by atoms with Crippen LogP contribution in [0.15, 0.2) is 36.4 Å². The first-order valence-electron chi connectivity index (χ1n) is 8.90. The van der Waals surface area contributed by atoms with Gasteiger partial charge in [-0.15, -0.1) is 13.2 Å². The molecule has 1 atom stereocenters. The third-order valence-corrected chi connectivity index (χ3v) is 4.76. The normalized spacial score (nSPS) is 16.1. The number of carbonyl (C=O) groups excluding carboxylic acids is 1. The standard InChI is InChI=1S/C20H21F3N2O4/c1-12-18-13(10-16(27-2)11-17(18)28-3)8-9-25(12)19(26)24-14-4-6-15(7-5-14)29-20(21,22)23/h4-7,10-12H,8-9H2,1-3H3,(H,24,26). The van der Waals surface area contributed by atoms with E-state index in [0.29, 0.717) is 30.2 Å². The molecule has 9 heteroatoms. The number of amides is 2. The van der Waals surface area contributed by atoms with Gasteiger partial charge >= 0.3 is 12.4 Å². The van der Waals surface area contributed by atoms with Crippen molar-refractivity contribution in [3.63, 3.8) is 0 Å². The molecule has 0 saturated heterocycles. The van der Waals surface area contributed by atoms with E-state index in [1.807, 2.05) is 13.0 Å². The molecular formula is C20H21F3N2O4. The Balaban J connectivity index is 1.74. The predicted octanol–water partition coefficient (Wildman–Crippen LogP) is 4.75. The topological polar surface area (TPSA) is 60.0 Å². The highest BCUT2D eigenvalue weighted by Gasteiger charge is 2.32. The molecule has 156 valence electrons. The first-order chi connectivity index (χ1) is 13.7. The van der Waals surface area contributed by atoms with Gasteiger partial charge in [0.15, 0.2) is 0 Å². The Morgan fingerprint density at radius 3 is 2.38 bits per heavy atom. The molecule has 2 aromatic carbocycles. The molecule has 29 heavy (non-hydrogen) atoms. The fraction of sp³-hybridized carbons (Fsp3) is 0.350. The smallest absolute Gasteiger partial charge is 0.497 e. The SMILES string of the molecule is COc1cc2c(c(OC)c1)C(C)N(C(=O)Nc1ccc(OC(F)(F)F)cc1)CC2. The van der Waals surface area contributed by atoms with E-state index in [-0.39, 0.29) is 17.8 Å². The summed E-state index contributed by atoms with van der Waals surface area (Å²) < 4.78 is 51.4. The molecule has 2 amide bonds. The number of rotatable bonds is 4. The third-order valence-electron chi connectivity index (χ3n) is 4.76. The molecule has 0 aliphatic carbocycles. The molecule has 1 N–H and O–H groups in total. The Kier molecular flexibility index (Phi) is 5.76. The summed E-state index contributed by atoms with van der Waals surface area (Å²) in [5.74, 6) is 0.972. The maximum absolute atomic E-state index is 12.8. The Labute approximate surface area is 166 Å². The zero-order valence-corrected chi connectivity index (χ0v) is 16.2. The van der Waals surface area contributed by atoms with Crippen molar-refractivity contribution in [1.29, 1.82) is 0 Å².